The van der Waals surface area contributed by atoms with Gasteiger partial charge in [-0.3, -0.25) is 9.69 Å². The van der Waals surface area contributed by atoms with Crippen molar-refractivity contribution < 1.29 is 9.90 Å². The van der Waals surface area contributed by atoms with E-state index in [1.807, 2.05) is 30.3 Å². The van der Waals surface area contributed by atoms with Crippen LogP contribution in [0.2, 0.25) is 0 Å². The Morgan fingerprint density at radius 1 is 1.23 bits per heavy atom. The van der Waals surface area contributed by atoms with Crippen LogP contribution >= 0.6 is 0 Å². The van der Waals surface area contributed by atoms with Crippen LogP contribution in [0, 0.1) is 17.8 Å². The van der Waals surface area contributed by atoms with Gasteiger partial charge < -0.3 is 10.4 Å². The molecule has 2 aliphatic carbocycles. The molecule has 1 aromatic rings. The van der Waals surface area contributed by atoms with E-state index in [2.05, 4.69) is 29.3 Å². The van der Waals surface area contributed by atoms with Crippen molar-refractivity contribution in [2.45, 2.75) is 44.2 Å². The molecule has 26 heavy (non-hydrogen) atoms. The van der Waals surface area contributed by atoms with Gasteiger partial charge in [0.15, 0.2) is 5.60 Å². The third-order valence-electron chi connectivity index (χ3n) is 6.28. The Balaban J connectivity index is 1.33. The average molecular weight is 354 g/mol. The van der Waals surface area contributed by atoms with E-state index in [1.165, 1.54) is 6.42 Å². The number of likely N-dealkylation sites (tertiary alicyclic amines) is 1. The summed E-state index contributed by atoms with van der Waals surface area (Å²) in [5.74, 6) is 0.971. The summed E-state index contributed by atoms with van der Waals surface area (Å²) in [6, 6.07) is 9.69. The maximum Gasteiger partial charge on any atom is 0.257 e. The molecule has 140 valence electrons. The second-order valence-electron chi connectivity index (χ2n) is 8.21. The molecule has 1 aliphatic heterocycles. The summed E-state index contributed by atoms with van der Waals surface area (Å²) in [6.45, 7) is 5.32. The van der Waals surface area contributed by atoms with Crippen LogP contribution in [-0.2, 0) is 10.4 Å². The van der Waals surface area contributed by atoms with Gasteiger partial charge in [-0.15, -0.1) is 0 Å². The number of piperidine rings is 1. The number of carbonyl (C=O) groups is 1. The average Bonchev–Trinajstić information content (AvgIpc) is 3.57. The molecule has 1 aromatic carbocycles. The lowest BCUT2D eigenvalue weighted by molar-refractivity contribution is -0.143. The molecule has 1 amide bonds. The maximum absolute atomic E-state index is 13.0. The molecule has 0 radical (unpaired) electrons. The Morgan fingerprint density at radius 2 is 1.92 bits per heavy atom. The molecule has 2 unspecified atom stereocenters. The van der Waals surface area contributed by atoms with E-state index in [-0.39, 0.29) is 17.9 Å². The zero-order valence-electron chi connectivity index (χ0n) is 15.6. The van der Waals surface area contributed by atoms with E-state index >= 15 is 0 Å². The lowest BCUT2D eigenvalue weighted by Gasteiger charge is -2.28. The number of benzene rings is 1. The van der Waals surface area contributed by atoms with Crippen molar-refractivity contribution in [2.24, 2.45) is 17.8 Å². The van der Waals surface area contributed by atoms with Crippen LogP contribution in [0.4, 0.5) is 0 Å². The second kappa shape index (κ2) is 7.16. The van der Waals surface area contributed by atoms with Crippen LogP contribution in [-0.4, -0.2) is 41.6 Å². The molecule has 4 atom stereocenters. The number of carbonyl (C=O) groups excluding carboxylic acids is 1. The number of aliphatic hydroxyl groups is 1. The molecule has 3 fully saturated rings. The predicted molar refractivity (Wildman–Crippen MR) is 102 cm³/mol. The first kappa shape index (κ1) is 17.7. The van der Waals surface area contributed by atoms with E-state index < -0.39 is 5.60 Å². The third kappa shape index (κ3) is 3.33. The summed E-state index contributed by atoms with van der Waals surface area (Å²) in [6.07, 6.45) is 8.73. The molecule has 1 saturated heterocycles. The fraction of sp³-hybridized carbons (Fsp3) is 0.591. The number of hydrogen-bond acceptors (Lipinski definition) is 3. The molecule has 4 rings (SSSR count). The quantitative estimate of drug-likeness (QED) is 0.706. The number of rotatable bonds is 8. The summed E-state index contributed by atoms with van der Waals surface area (Å²) in [5, 5.41) is 14.4. The van der Waals surface area contributed by atoms with E-state index in [1.54, 1.807) is 0 Å². The highest BCUT2D eigenvalue weighted by atomic mass is 16.3. The van der Waals surface area contributed by atoms with Gasteiger partial charge in [0, 0.05) is 31.6 Å². The Bertz CT molecular complexity index is 658. The molecule has 1 heterocycles. The zero-order valence-corrected chi connectivity index (χ0v) is 15.6. The van der Waals surface area contributed by atoms with Crippen LogP contribution in [0.1, 0.15) is 38.2 Å². The minimum Gasteiger partial charge on any atom is -0.375 e. The predicted octanol–water partition coefficient (Wildman–Crippen LogP) is 2.69. The van der Waals surface area contributed by atoms with Crippen molar-refractivity contribution in [3.05, 3.63) is 48.0 Å². The van der Waals surface area contributed by atoms with Gasteiger partial charge >= 0.3 is 0 Å². The second-order valence-corrected chi connectivity index (χ2v) is 8.21. The number of allylic oxidation sites excluding steroid dienone is 1. The molecule has 2 N–H and O–H groups in total. The van der Waals surface area contributed by atoms with Crippen LogP contribution < -0.4 is 5.32 Å². The molecule has 0 bridgehead atoms. The Labute approximate surface area is 156 Å². The number of amides is 1. The van der Waals surface area contributed by atoms with Crippen molar-refractivity contribution in [2.75, 3.05) is 19.6 Å². The zero-order chi connectivity index (χ0) is 18.1. The molecule has 4 nitrogen and oxygen atoms in total. The highest BCUT2D eigenvalue weighted by Crippen LogP contribution is 2.49. The van der Waals surface area contributed by atoms with Crippen molar-refractivity contribution in [3.8, 4) is 0 Å². The number of fused-ring (bicyclic) bond motifs is 1. The van der Waals surface area contributed by atoms with Crippen LogP contribution in [0.25, 0.3) is 0 Å². The van der Waals surface area contributed by atoms with Crippen molar-refractivity contribution in [1.82, 2.24) is 10.2 Å². The van der Waals surface area contributed by atoms with Crippen molar-refractivity contribution in [1.29, 1.82) is 0 Å². The first-order valence-corrected chi connectivity index (χ1v) is 10.1. The van der Waals surface area contributed by atoms with Crippen molar-refractivity contribution >= 4 is 5.91 Å². The largest absolute Gasteiger partial charge is 0.375 e. The van der Waals surface area contributed by atoms with E-state index in [9.17, 15) is 9.90 Å². The number of nitrogens with one attached hydrogen (secondary N) is 1. The first-order chi connectivity index (χ1) is 12.6. The number of unbranched alkanes of at least 4 members (excludes halogenated alkanes) is 1. The highest BCUT2D eigenvalue weighted by Gasteiger charge is 2.59. The summed E-state index contributed by atoms with van der Waals surface area (Å²) in [7, 11) is 0. The monoisotopic (exact) mass is 354 g/mol. The smallest absolute Gasteiger partial charge is 0.257 e. The summed E-state index contributed by atoms with van der Waals surface area (Å²) >= 11 is 0. The van der Waals surface area contributed by atoms with E-state index in [0.29, 0.717) is 11.8 Å². The Morgan fingerprint density at radius 3 is 2.54 bits per heavy atom. The molecule has 2 saturated carbocycles. The molecule has 0 spiro atoms. The summed E-state index contributed by atoms with van der Waals surface area (Å²) < 4.78 is 0. The highest BCUT2D eigenvalue weighted by molar-refractivity contribution is 5.87. The van der Waals surface area contributed by atoms with Gasteiger partial charge in [0.25, 0.3) is 5.91 Å². The minimum atomic E-state index is -1.36. The van der Waals surface area contributed by atoms with Gasteiger partial charge in [-0.2, -0.15) is 0 Å². The van der Waals surface area contributed by atoms with Crippen LogP contribution in [0.15, 0.2) is 42.5 Å². The maximum atomic E-state index is 13.0. The molecule has 0 aromatic heterocycles. The van der Waals surface area contributed by atoms with Gasteiger partial charge in [-0.25, -0.2) is 0 Å². The molecule has 3 aliphatic rings. The van der Waals surface area contributed by atoms with E-state index in [0.717, 1.165) is 44.5 Å². The van der Waals surface area contributed by atoms with Crippen molar-refractivity contribution in [3.63, 3.8) is 0 Å². The number of hydrogen-bond donors (Lipinski definition) is 2. The molecule has 4 heteroatoms. The van der Waals surface area contributed by atoms with Gasteiger partial charge in [0.2, 0.25) is 0 Å². The normalized spacial score (nSPS) is 30.2. The van der Waals surface area contributed by atoms with Crippen LogP contribution in [0.3, 0.4) is 0 Å². The SMILES string of the molecule is CCC/C=C/CN1C[C@@H]2C(NC(=O)C(O)(c3ccccc3)C3CC3)[C@@H]2C1. The lowest BCUT2D eigenvalue weighted by atomic mass is 9.87. The lowest BCUT2D eigenvalue weighted by Crippen LogP contribution is -2.48. The fourth-order valence-electron chi connectivity index (χ4n) is 4.49. The topological polar surface area (TPSA) is 52.6 Å². The van der Waals surface area contributed by atoms with E-state index in [4.69, 9.17) is 0 Å². The minimum absolute atomic E-state index is 0.0590. The number of nitrogens with zero attached hydrogens (tertiary/aromatic N) is 1. The first-order valence-electron chi connectivity index (χ1n) is 10.1. The molecular formula is C22H30N2O2. The van der Waals surface area contributed by atoms with Gasteiger partial charge in [0.05, 0.1) is 0 Å². The van der Waals surface area contributed by atoms with Gasteiger partial charge in [0.1, 0.15) is 0 Å². The third-order valence-corrected chi connectivity index (χ3v) is 6.28. The fourth-order valence-corrected chi connectivity index (χ4v) is 4.49. The Hall–Kier alpha value is -1.65. The van der Waals surface area contributed by atoms with Gasteiger partial charge in [-0.1, -0.05) is 55.8 Å². The van der Waals surface area contributed by atoms with Crippen LogP contribution in [0.5, 0.6) is 0 Å². The van der Waals surface area contributed by atoms with Gasteiger partial charge in [-0.05, 0) is 36.7 Å². The standard InChI is InChI=1S/C22H30N2O2/c1-2-3-4-8-13-24-14-18-19(15-24)20(18)23-21(25)22(26,17-11-12-17)16-9-6-5-7-10-16/h4-10,17-20,26H,2-3,11-15H2,1H3,(H,23,25)/b8-4+/t18-,19+,20?,22?. The summed E-state index contributed by atoms with van der Waals surface area (Å²) in [4.78, 5) is 15.4. The Kier molecular flexibility index (Phi) is 4.89. The summed E-state index contributed by atoms with van der Waals surface area (Å²) in [5.41, 5.74) is -0.630. The molecular weight excluding hydrogens is 324 g/mol.